The summed E-state index contributed by atoms with van der Waals surface area (Å²) in [5.41, 5.74) is 6.04. The zero-order chi connectivity index (χ0) is 12.0. The Labute approximate surface area is 101 Å². The predicted molar refractivity (Wildman–Crippen MR) is 72.4 cm³/mol. The Hall–Kier alpha value is -2.07. The Bertz CT molecular complexity index is 798. The van der Waals surface area contributed by atoms with E-state index in [1.165, 1.54) is 11.3 Å². The lowest BCUT2D eigenvalue weighted by Crippen LogP contribution is -2.00. The van der Waals surface area contributed by atoms with Gasteiger partial charge in [-0.25, -0.2) is 4.79 Å². The van der Waals surface area contributed by atoms with Gasteiger partial charge in [0.2, 0.25) is 0 Å². The molecule has 4 heteroatoms. The van der Waals surface area contributed by atoms with Gasteiger partial charge in [-0.3, -0.25) is 0 Å². The molecule has 0 atom stereocenters. The second-order valence-corrected chi connectivity index (χ2v) is 4.75. The summed E-state index contributed by atoms with van der Waals surface area (Å²) in [7, 11) is 0. The molecule has 3 rings (SSSR count). The summed E-state index contributed by atoms with van der Waals surface area (Å²) >= 11 is 1.36. The van der Waals surface area contributed by atoms with Crippen molar-refractivity contribution < 1.29 is 4.42 Å². The molecule has 0 unspecified atom stereocenters. The number of nitrogen functional groups attached to an aromatic ring is 1. The van der Waals surface area contributed by atoms with Crippen LogP contribution in [0.2, 0.25) is 0 Å². The van der Waals surface area contributed by atoms with E-state index in [0.717, 1.165) is 15.6 Å². The van der Waals surface area contributed by atoms with Crippen molar-refractivity contribution in [1.29, 1.82) is 0 Å². The van der Waals surface area contributed by atoms with Gasteiger partial charge in [0.15, 0.2) is 0 Å². The fraction of sp³-hybridized carbons (Fsp3) is 0. The van der Waals surface area contributed by atoms with E-state index < -0.39 is 0 Å². The Morgan fingerprint density at radius 3 is 2.82 bits per heavy atom. The molecule has 17 heavy (non-hydrogen) atoms. The van der Waals surface area contributed by atoms with Crippen LogP contribution in [-0.2, 0) is 0 Å². The van der Waals surface area contributed by atoms with E-state index in [1.54, 1.807) is 12.1 Å². The SMILES string of the molecule is C=Cc1sc(N)c2c(=O)oc3ccccc3c12. The topological polar surface area (TPSA) is 56.2 Å². The number of anilines is 1. The molecule has 0 aliphatic rings. The maximum atomic E-state index is 11.9. The van der Waals surface area contributed by atoms with E-state index in [2.05, 4.69) is 6.58 Å². The van der Waals surface area contributed by atoms with Crippen LogP contribution in [0.25, 0.3) is 27.8 Å². The Kier molecular flexibility index (Phi) is 2.06. The molecular weight excluding hydrogens is 234 g/mol. The highest BCUT2D eigenvalue weighted by molar-refractivity contribution is 7.18. The summed E-state index contributed by atoms with van der Waals surface area (Å²) in [6, 6.07) is 7.43. The lowest BCUT2D eigenvalue weighted by molar-refractivity contribution is 0.570. The zero-order valence-electron chi connectivity index (χ0n) is 8.90. The van der Waals surface area contributed by atoms with Crippen LogP contribution in [0, 0.1) is 0 Å². The molecule has 0 aliphatic carbocycles. The van der Waals surface area contributed by atoms with Crippen LogP contribution >= 0.6 is 11.3 Å². The van der Waals surface area contributed by atoms with Gasteiger partial charge in [-0.05, 0) is 6.07 Å². The largest absolute Gasteiger partial charge is 0.422 e. The molecule has 3 nitrogen and oxygen atoms in total. The van der Waals surface area contributed by atoms with Crippen LogP contribution < -0.4 is 11.4 Å². The lowest BCUT2D eigenvalue weighted by Gasteiger charge is -1.99. The van der Waals surface area contributed by atoms with Gasteiger partial charge < -0.3 is 10.2 Å². The fourth-order valence-electron chi connectivity index (χ4n) is 1.99. The molecule has 2 heterocycles. The van der Waals surface area contributed by atoms with Crippen molar-refractivity contribution in [2.24, 2.45) is 0 Å². The van der Waals surface area contributed by atoms with Gasteiger partial charge in [0.1, 0.15) is 16.0 Å². The quantitative estimate of drug-likeness (QED) is 0.667. The normalized spacial score (nSPS) is 11.1. The molecule has 0 bridgehead atoms. The van der Waals surface area contributed by atoms with E-state index in [4.69, 9.17) is 10.2 Å². The number of para-hydroxylation sites is 1. The number of nitrogens with two attached hydrogens (primary N) is 1. The van der Waals surface area contributed by atoms with Crippen molar-refractivity contribution in [2.45, 2.75) is 0 Å². The van der Waals surface area contributed by atoms with Crippen molar-refractivity contribution in [3.05, 3.63) is 46.1 Å². The molecule has 2 aromatic heterocycles. The van der Waals surface area contributed by atoms with Crippen molar-refractivity contribution in [3.63, 3.8) is 0 Å². The van der Waals surface area contributed by atoms with E-state index in [9.17, 15) is 4.79 Å². The molecule has 0 aliphatic heterocycles. The first-order chi connectivity index (χ1) is 8.22. The van der Waals surface area contributed by atoms with Crippen LogP contribution in [0.15, 0.2) is 40.1 Å². The maximum Gasteiger partial charge on any atom is 0.347 e. The minimum absolute atomic E-state index is 0.388. The van der Waals surface area contributed by atoms with Gasteiger partial charge in [-0.1, -0.05) is 30.9 Å². The van der Waals surface area contributed by atoms with Crippen molar-refractivity contribution in [2.75, 3.05) is 5.73 Å². The van der Waals surface area contributed by atoms with Crippen molar-refractivity contribution in [1.82, 2.24) is 0 Å². The first kappa shape index (κ1) is 10.1. The van der Waals surface area contributed by atoms with Crippen LogP contribution in [0.3, 0.4) is 0 Å². The average molecular weight is 243 g/mol. The molecule has 0 radical (unpaired) electrons. The Balaban J connectivity index is 2.72. The summed E-state index contributed by atoms with van der Waals surface area (Å²) in [5.74, 6) is 0. The molecule has 0 saturated carbocycles. The third kappa shape index (κ3) is 1.31. The minimum atomic E-state index is -0.388. The first-order valence-electron chi connectivity index (χ1n) is 5.08. The number of benzene rings is 1. The highest BCUT2D eigenvalue weighted by atomic mass is 32.1. The Morgan fingerprint density at radius 2 is 2.06 bits per heavy atom. The fourth-order valence-corrected chi connectivity index (χ4v) is 2.92. The van der Waals surface area contributed by atoms with Crippen molar-refractivity contribution in [3.8, 4) is 0 Å². The van der Waals surface area contributed by atoms with E-state index in [1.807, 2.05) is 18.2 Å². The third-order valence-electron chi connectivity index (χ3n) is 2.71. The first-order valence-corrected chi connectivity index (χ1v) is 5.90. The second-order valence-electron chi connectivity index (χ2n) is 3.67. The minimum Gasteiger partial charge on any atom is -0.422 e. The summed E-state index contributed by atoms with van der Waals surface area (Å²) < 4.78 is 5.25. The highest BCUT2D eigenvalue weighted by Gasteiger charge is 2.15. The van der Waals surface area contributed by atoms with Crippen LogP contribution in [0.4, 0.5) is 5.00 Å². The summed E-state index contributed by atoms with van der Waals surface area (Å²) in [4.78, 5) is 12.8. The van der Waals surface area contributed by atoms with Gasteiger partial charge in [0, 0.05) is 15.6 Å². The third-order valence-corrected chi connectivity index (χ3v) is 3.73. The molecule has 0 fully saturated rings. The Morgan fingerprint density at radius 1 is 1.29 bits per heavy atom. The number of rotatable bonds is 1. The molecule has 0 amide bonds. The second kappa shape index (κ2) is 3.46. The van der Waals surface area contributed by atoms with Crippen LogP contribution in [-0.4, -0.2) is 0 Å². The summed E-state index contributed by atoms with van der Waals surface area (Å²) in [6.07, 6.45) is 1.72. The van der Waals surface area contributed by atoms with Crippen molar-refractivity contribution >= 4 is 44.2 Å². The van der Waals surface area contributed by atoms with E-state index >= 15 is 0 Å². The highest BCUT2D eigenvalue weighted by Crippen LogP contribution is 2.36. The molecule has 2 N–H and O–H groups in total. The molecule has 84 valence electrons. The average Bonchev–Trinajstić information content (AvgIpc) is 2.67. The smallest absolute Gasteiger partial charge is 0.347 e. The number of hydrogen-bond donors (Lipinski definition) is 1. The molecule has 3 aromatic rings. The monoisotopic (exact) mass is 243 g/mol. The van der Waals surface area contributed by atoms with Gasteiger partial charge in [-0.15, -0.1) is 11.3 Å². The van der Waals surface area contributed by atoms with E-state index in [-0.39, 0.29) is 5.63 Å². The van der Waals surface area contributed by atoms with E-state index in [0.29, 0.717) is 16.0 Å². The lowest BCUT2D eigenvalue weighted by atomic mass is 10.1. The molecular formula is C13H9NO2S. The van der Waals surface area contributed by atoms with Gasteiger partial charge >= 0.3 is 5.63 Å². The van der Waals surface area contributed by atoms with Crippen LogP contribution in [0.5, 0.6) is 0 Å². The number of fused-ring (bicyclic) bond motifs is 3. The molecule has 1 aromatic carbocycles. The molecule has 0 spiro atoms. The standard InChI is InChI=1S/C13H9NO2S/c1-2-9-10-7-5-3-4-6-8(7)16-13(15)11(10)12(14)17-9/h2-6H,1,14H2. The molecule has 0 saturated heterocycles. The van der Waals surface area contributed by atoms with Crippen LogP contribution in [0.1, 0.15) is 4.88 Å². The maximum absolute atomic E-state index is 11.9. The van der Waals surface area contributed by atoms with Gasteiger partial charge in [0.25, 0.3) is 0 Å². The number of hydrogen-bond acceptors (Lipinski definition) is 4. The zero-order valence-corrected chi connectivity index (χ0v) is 9.71. The number of thiophene rings is 1. The van der Waals surface area contributed by atoms with Gasteiger partial charge in [0.05, 0.1) is 0 Å². The summed E-state index contributed by atoms with van der Waals surface area (Å²) in [5, 5.41) is 2.68. The predicted octanol–water partition coefficient (Wildman–Crippen LogP) is 3.23. The van der Waals surface area contributed by atoms with Gasteiger partial charge in [-0.2, -0.15) is 0 Å². The summed E-state index contributed by atoms with van der Waals surface area (Å²) in [6.45, 7) is 3.75.